The fraction of sp³-hybridized carbons (Fsp3) is 0.462. The van der Waals surface area contributed by atoms with Gasteiger partial charge in [-0.3, -0.25) is 4.79 Å². The minimum atomic E-state index is -0.522. The lowest BCUT2D eigenvalue weighted by Crippen LogP contribution is -2.40. The number of halogens is 2. The van der Waals surface area contributed by atoms with Crippen LogP contribution in [0, 0.1) is 11.2 Å². The van der Waals surface area contributed by atoms with Crippen molar-refractivity contribution in [3.05, 3.63) is 34.1 Å². The number of nitrogens with two attached hydrogens (primary N) is 1. The van der Waals surface area contributed by atoms with Gasteiger partial charge in [-0.2, -0.15) is 0 Å². The number of nitrogens with zero attached hydrogens (tertiary/aromatic N) is 1. The predicted octanol–water partition coefficient (Wildman–Crippen LogP) is 2.65. The summed E-state index contributed by atoms with van der Waals surface area (Å²) in [5, 5.41) is 0. The fourth-order valence-electron chi connectivity index (χ4n) is 1.67. The highest BCUT2D eigenvalue weighted by Gasteiger charge is 2.24. The minimum absolute atomic E-state index is 0.0628. The lowest BCUT2D eigenvalue weighted by Gasteiger charge is -2.29. The van der Waals surface area contributed by atoms with Crippen molar-refractivity contribution in [3.63, 3.8) is 0 Å². The quantitative estimate of drug-likeness (QED) is 0.928. The zero-order chi connectivity index (χ0) is 13.9. The van der Waals surface area contributed by atoms with Crippen LogP contribution >= 0.6 is 15.9 Å². The Balaban J connectivity index is 2.94. The highest BCUT2D eigenvalue weighted by Crippen LogP contribution is 2.22. The van der Waals surface area contributed by atoms with E-state index in [2.05, 4.69) is 15.9 Å². The molecule has 0 fully saturated rings. The van der Waals surface area contributed by atoms with Gasteiger partial charge >= 0.3 is 0 Å². The zero-order valence-electron chi connectivity index (χ0n) is 10.8. The number of rotatable bonds is 4. The van der Waals surface area contributed by atoms with Gasteiger partial charge in [0.05, 0.1) is 5.56 Å². The smallest absolute Gasteiger partial charge is 0.257 e. The van der Waals surface area contributed by atoms with Gasteiger partial charge in [0.1, 0.15) is 5.82 Å². The van der Waals surface area contributed by atoms with E-state index in [-0.39, 0.29) is 16.9 Å². The van der Waals surface area contributed by atoms with Crippen LogP contribution in [0.1, 0.15) is 24.2 Å². The van der Waals surface area contributed by atoms with Crippen LogP contribution in [0.4, 0.5) is 4.39 Å². The number of benzene rings is 1. The molecule has 1 amide bonds. The Kier molecular flexibility index (Phi) is 4.87. The Hall–Kier alpha value is -0.940. The summed E-state index contributed by atoms with van der Waals surface area (Å²) in [6.07, 6.45) is 0. The summed E-state index contributed by atoms with van der Waals surface area (Å²) in [7, 11) is 1.65. The van der Waals surface area contributed by atoms with E-state index >= 15 is 0 Å². The average Bonchev–Trinajstić information content (AvgIpc) is 2.28. The van der Waals surface area contributed by atoms with Crippen molar-refractivity contribution in [3.8, 4) is 0 Å². The number of hydrogen-bond acceptors (Lipinski definition) is 2. The molecule has 0 saturated heterocycles. The van der Waals surface area contributed by atoms with Crippen LogP contribution in [0.5, 0.6) is 0 Å². The van der Waals surface area contributed by atoms with Gasteiger partial charge in [-0.15, -0.1) is 0 Å². The molecule has 0 aliphatic rings. The molecule has 2 N–H and O–H groups in total. The lowest BCUT2D eigenvalue weighted by molar-refractivity contribution is 0.0735. The average molecular weight is 317 g/mol. The Morgan fingerprint density at radius 2 is 2.11 bits per heavy atom. The molecule has 1 aromatic carbocycles. The van der Waals surface area contributed by atoms with Gasteiger partial charge in [0.2, 0.25) is 0 Å². The van der Waals surface area contributed by atoms with Crippen LogP contribution in [0.15, 0.2) is 22.7 Å². The molecular formula is C13H18BrFN2O. The van der Waals surface area contributed by atoms with E-state index in [1.54, 1.807) is 19.2 Å². The van der Waals surface area contributed by atoms with Gasteiger partial charge in [-0.05, 0) is 40.0 Å². The van der Waals surface area contributed by atoms with Crippen LogP contribution < -0.4 is 5.73 Å². The van der Waals surface area contributed by atoms with Crippen LogP contribution in [0.3, 0.4) is 0 Å². The summed E-state index contributed by atoms with van der Waals surface area (Å²) < 4.78 is 14.1. The first-order valence-electron chi connectivity index (χ1n) is 5.68. The van der Waals surface area contributed by atoms with Crippen molar-refractivity contribution >= 4 is 21.8 Å². The number of hydrogen-bond donors (Lipinski definition) is 1. The van der Waals surface area contributed by atoms with Gasteiger partial charge in [0.25, 0.3) is 5.91 Å². The molecule has 0 bridgehead atoms. The molecule has 0 aromatic heterocycles. The number of carbonyl (C=O) groups excluding carboxylic acids is 1. The van der Waals surface area contributed by atoms with E-state index < -0.39 is 5.82 Å². The van der Waals surface area contributed by atoms with E-state index in [9.17, 15) is 9.18 Å². The summed E-state index contributed by atoms with van der Waals surface area (Å²) >= 11 is 3.20. The van der Waals surface area contributed by atoms with Crippen molar-refractivity contribution in [2.24, 2.45) is 11.1 Å². The van der Waals surface area contributed by atoms with E-state index in [1.165, 1.54) is 11.0 Å². The molecule has 0 saturated carbocycles. The number of amides is 1. The maximum absolute atomic E-state index is 13.7. The summed E-state index contributed by atoms with van der Waals surface area (Å²) in [6, 6.07) is 4.48. The Morgan fingerprint density at radius 1 is 1.50 bits per heavy atom. The molecule has 0 unspecified atom stereocenters. The van der Waals surface area contributed by atoms with Gasteiger partial charge in [-0.1, -0.05) is 19.9 Å². The first-order chi connectivity index (χ1) is 8.28. The van der Waals surface area contributed by atoms with E-state index in [0.717, 1.165) is 0 Å². The van der Waals surface area contributed by atoms with Crippen LogP contribution in [0.2, 0.25) is 0 Å². The Bertz CT molecular complexity index is 428. The Morgan fingerprint density at radius 3 is 2.61 bits per heavy atom. The summed E-state index contributed by atoms with van der Waals surface area (Å²) in [5.41, 5.74) is 5.50. The molecule has 0 heterocycles. The SMILES string of the molecule is CN(CC(C)(C)CN)C(=O)c1c(F)cccc1Br. The van der Waals surface area contributed by atoms with Crippen molar-refractivity contribution in [2.75, 3.05) is 20.1 Å². The molecule has 1 rings (SSSR count). The molecule has 18 heavy (non-hydrogen) atoms. The molecule has 0 atom stereocenters. The third-order valence-electron chi connectivity index (χ3n) is 2.74. The van der Waals surface area contributed by atoms with Gasteiger partial charge in [-0.25, -0.2) is 4.39 Å². The molecule has 0 spiro atoms. The van der Waals surface area contributed by atoms with Crippen molar-refractivity contribution in [1.29, 1.82) is 0 Å². The third-order valence-corrected chi connectivity index (χ3v) is 3.40. The maximum Gasteiger partial charge on any atom is 0.257 e. The van der Waals surface area contributed by atoms with Gasteiger partial charge < -0.3 is 10.6 Å². The number of carbonyl (C=O) groups is 1. The highest BCUT2D eigenvalue weighted by atomic mass is 79.9. The second-order valence-electron chi connectivity index (χ2n) is 5.13. The topological polar surface area (TPSA) is 46.3 Å². The van der Waals surface area contributed by atoms with Crippen LogP contribution in [0.25, 0.3) is 0 Å². The largest absolute Gasteiger partial charge is 0.341 e. The summed E-state index contributed by atoms with van der Waals surface area (Å²) in [6.45, 7) is 4.87. The predicted molar refractivity (Wildman–Crippen MR) is 73.9 cm³/mol. The second kappa shape index (κ2) is 5.80. The molecule has 0 aliphatic carbocycles. The highest BCUT2D eigenvalue weighted by molar-refractivity contribution is 9.10. The van der Waals surface area contributed by atoms with Crippen LogP contribution in [-0.4, -0.2) is 30.9 Å². The fourth-order valence-corrected chi connectivity index (χ4v) is 2.18. The minimum Gasteiger partial charge on any atom is -0.341 e. The molecule has 1 aromatic rings. The first kappa shape index (κ1) is 15.1. The van der Waals surface area contributed by atoms with Gasteiger partial charge in [0, 0.05) is 18.1 Å². The molecule has 3 nitrogen and oxygen atoms in total. The first-order valence-corrected chi connectivity index (χ1v) is 6.47. The molecule has 0 radical (unpaired) electrons. The standard InChI is InChI=1S/C13H18BrFN2O/c1-13(2,7-16)8-17(3)12(18)11-9(14)5-4-6-10(11)15/h4-6H,7-8,16H2,1-3H3. The molecule has 100 valence electrons. The maximum atomic E-state index is 13.7. The zero-order valence-corrected chi connectivity index (χ0v) is 12.4. The monoisotopic (exact) mass is 316 g/mol. The normalized spacial score (nSPS) is 11.4. The lowest BCUT2D eigenvalue weighted by atomic mass is 9.93. The molecular weight excluding hydrogens is 299 g/mol. The van der Waals surface area contributed by atoms with E-state index in [1.807, 2.05) is 13.8 Å². The van der Waals surface area contributed by atoms with Gasteiger partial charge in [0.15, 0.2) is 0 Å². The van der Waals surface area contributed by atoms with E-state index in [4.69, 9.17) is 5.73 Å². The Labute approximate surface area is 115 Å². The van der Waals surface area contributed by atoms with E-state index in [0.29, 0.717) is 17.6 Å². The summed E-state index contributed by atoms with van der Waals surface area (Å²) in [5.74, 6) is -0.867. The second-order valence-corrected chi connectivity index (χ2v) is 5.98. The van der Waals surface area contributed by atoms with Crippen LogP contribution in [-0.2, 0) is 0 Å². The summed E-state index contributed by atoms with van der Waals surface area (Å²) in [4.78, 5) is 13.7. The molecule has 5 heteroatoms. The van der Waals surface area contributed by atoms with Crippen molar-refractivity contribution in [1.82, 2.24) is 4.90 Å². The molecule has 0 aliphatic heterocycles. The third kappa shape index (κ3) is 3.53. The van der Waals surface area contributed by atoms with Crippen molar-refractivity contribution in [2.45, 2.75) is 13.8 Å². The van der Waals surface area contributed by atoms with Crippen molar-refractivity contribution < 1.29 is 9.18 Å².